The van der Waals surface area contributed by atoms with Gasteiger partial charge in [-0.1, -0.05) is 24.3 Å². The summed E-state index contributed by atoms with van der Waals surface area (Å²) in [6.07, 6.45) is 0. The number of benzene rings is 2. The molecule has 0 saturated heterocycles. The highest BCUT2D eigenvalue weighted by Crippen LogP contribution is 2.21. The summed E-state index contributed by atoms with van der Waals surface area (Å²) in [7, 11) is 11.5. The van der Waals surface area contributed by atoms with Crippen molar-refractivity contribution < 1.29 is 9.53 Å². The van der Waals surface area contributed by atoms with Crippen LogP contribution in [0.2, 0.25) is 0 Å². The monoisotopic (exact) mass is 384 g/mol. The van der Waals surface area contributed by atoms with E-state index in [0.717, 1.165) is 22.6 Å². The van der Waals surface area contributed by atoms with Crippen LogP contribution in [0.15, 0.2) is 48.5 Å². The van der Waals surface area contributed by atoms with Crippen LogP contribution in [0.25, 0.3) is 0 Å². The highest BCUT2D eigenvalue weighted by atomic mass is 16.5. The van der Waals surface area contributed by atoms with E-state index < -0.39 is 0 Å². The molecule has 0 aliphatic heterocycles. The third kappa shape index (κ3) is 5.89. The lowest BCUT2D eigenvalue weighted by atomic mass is 10.1. The molecule has 0 aliphatic rings. The maximum absolute atomic E-state index is 12.5. The molecule has 2 amide bonds. The molecule has 2 aromatic rings. The SMILES string of the molecule is COc1ccc(C(CNC(=O)N(C)Cc2ccc(N(C)C)cc2)N(C)C)cc1. The maximum atomic E-state index is 12.5. The number of methoxy groups -OCH3 is 1. The Bertz CT molecular complexity index is 742. The number of ether oxygens (including phenoxy) is 1. The van der Waals surface area contributed by atoms with Crippen molar-refractivity contribution in [3.63, 3.8) is 0 Å². The van der Waals surface area contributed by atoms with Gasteiger partial charge in [0, 0.05) is 39.9 Å². The first-order valence-electron chi connectivity index (χ1n) is 9.37. The number of hydrogen-bond donors (Lipinski definition) is 1. The molecular weight excluding hydrogens is 352 g/mol. The molecule has 0 aliphatic carbocycles. The predicted octanol–water partition coefficient (Wildman–Crippen LogP) is 3.21. The minimum Gasteiger partial charge on any atom is -0.497 e. The summed E-state index contributed by atoms with van der Waals surface area (Å²) in [6.45, 7) is 1.09. The number of nitrogens with one attached hydrogen (secondary N) is 1. The van der Waals surface area contributed by atoms with Crippen molar-refractivity contribution in [1.82, 2.24) is 15.1 Å². The molecule has 0 saturated carbocycles. The molecule has 6 heteroatoms. The van der Waals surface area contributed by atoms with E-state index in [-0.39, 0.29) is 12.1 Å². The van der Waals surface area contributed by atoms with Crippen LogP contribution in [-0.4, -0.2) is 64.7 Å². The summed E-state index contributed by atoms with van der Waals surface area (Å²) < 4.78 is 5.22. The van der Waals surface area contributed by atoms with Crippen molar-refractivity contribution in [3.8, 4) is 5.75 Å². The van der Waals surface area contributed by atoms with Crippen molar-refractivity contribution >= 4 is 11.7 Å². The molecule has 1 unspecified atom stereocenters. The number of hydrogen-bond acceptors (Lipinski definition) is 4. The third-order valence-corrected chi connectivity index (χ3v) is 4.79. The lowest BCUT2D eigenvalue weighted by molar-refractivity contribution is 0.200. The Hall–Kier alpha value is -2.73. The molecule has 0 bridgehead atoms. The number of carbonyl (C=O) groups excluding carboxylic acids is 1. The zero-order chi connectivity index (χ0) is 20.7. The lowest BCUT2D eigenvalue weighted by Crippen LogP contribution is -2.41. The average molecular weight is 385 g/mol. The van der Waals surface area contributed by atoms with E-state index in [1.165, 1.54) is 0 Å². The molecule has 152 valence electrons. The van der Waals surface area contributed by atoms with Crippen LogP contribution in [0.4, 0.5) is 10.5 Å². The first kappa shape index (κ1) is 21.6. The van der Waals surface area contributed by atoms with Gasteiger partial charge in [0.05, 0.1) is 13.2 Å². The minimum atomic E-state index is -0.0861. The fourth-order valence-electron chi connectivity index (χ4n) is 2.99. The minimum absolute atomic E-state index is 0.0858. The molecule has 6 nitrogen and oxygen atoms in total. The standard InChI is InChI=1S/C22H32N4O2/c1-24(2)19-11-7-17(8-12-19)16-26(5)22(27)23-15-21(25(3)4)18-9-13-20(28-6)14-10-18/h7-14,21H,15-16H2,1-6H3,(H,23,27). The van der Waals surface area contributed by atoms with E-state index >= 15 is 0 Å². The van der Waals surface area contributed by atoms with E-state index in [2.05, 4.69) is 39.4 Å². The van der Waals surface area contributed by atoms with Gasteiger partial charge in [0.15, 0.2) is 0 Å². The van der Waals surface area contributed by atoms with E-state index in [1.54, 1.807) is 12.0 Å². The van der Waals surface area contributed by atoms with Crippen molar-refractivity contribution in [1.29, 1.82) is 0 Å². The van der Waals surface area contributed by atoms with Gasteiger partial charge in [-0.25, -0.2) is 4.79 Å². The summed E-state index contributed by atoms with van der Waals surface area (Å²) in [5.74, 6) is 0.824. The van der Waals surface area contributed by atoms with Gasteiger partial charge in [-0.2, -0.15) is 0 Å². The molecule has 0 spiro atoms. The van der Waals surface area contributed by atoms with Gasteiger partial charge in [0.25, 0.3) is 0 Å². The molecule has 2 aromatic carbocycles. The smallest absolute Gasteiger partial charge is 0.317 e. The normalized spacial score (nSPS) is 11.8. The predicted molar refractivity (Wildman–Crippen MR) is 115 cm³/mol. The van der Waals surface area contributed by atoms with Crippen molar-refractivity contribution in [2.75, 3.05) is 53.8 Å². The zero-order valence-corrected chi connectivity index (χ0v) is 17.8. The van der Waals surface area contributed by atoms with Crippen molar-refractivity contribution in [2.24, 2.45) is 0 Å². The van der Waals surface area contributed by atoms with Gasteiger partial charge >= 0.3 is 6.03 Å². The zero-order valence-electron chi connectivity index (χ0n) is 17.8. The van der Waals surface area contributed by atoms with Gasteiger partial charge in [-0.05, 0) is 49.5 Å². The second kappa shape index (κ2) is 9.99. The summed E-state index contributed by atoms with van der Waals surface area (Å²) in [5.41, 5.74) is 3.37. The summed E-state index contributed by atoms with van der Waals surface area (Å²) in [6, 6.07) is 16.2. The van der Waals surface area contributed by atoms with E-state index in [1.807, 2.05) is 59.5 Å². The summed E-state index contributed by atoms with van der Waals surface area (Å²) in [4.78, 5) is 18.4. The van der Waals surface area contributed by atoms with Gasteiger partial charge in [-0.15, -0.1) is 0 Å². The topological polar surface area (TPSA) is 48.1 Å². The summed E-state index contributed by atoms with van der Waals surface area (Å²) in [5, 5.41) is 3.05. The average Bonchev–Trinajstić information content (AvgIpc) is 2.68. The van der Waals surface area contributed by atoms with Crippen LogP contribution in [0.3, 0.4) is 0 Å². The molecule has 1 N–H and O–H groups in total. The Kier molecular flexibility index (Phi) is 7.70. The van der Waals surface area contributed by atoms with Gasteiger partial charge in [0.1, 0.15) is 5.75 Å². The molecular formula is C22H32N4O2. The summed E-state index contributed by atoms with van der Waals surface area (Å²) >= 11 is 0. The van der Waals surface area contributed by atoms with Crippen LogP contribution in [-0.2, 0) is 6.54 Å². The van der Waals surface area contributed by atoms with E-state index in [0.29, 0.717) is 13.1 Å². The van der Waals surface area contributed by atoms with Crippen LogP contribution in [0.1, 0.15) is 17.2 Å². The number of rotatable bonds is 8. The highest BCUT2D eigenvalue weighted by Gasteiger charge is 2.17. The number of amides is 2. The molecule has 28 heavy (non-hydrogen) atoms. The van der Waals surface area contributed by atoms with Crippen LogP contribution >= 0.6 is 0 Å². The quantitative estimate of drug-likeness (QED) is 0.759. The molecule has 0 heterocycles. The van der Waals surface area contributed by atoms with Crippen LogP contribution in [0.5, 0.6) is 5.75 Å². The molecule has 0 aromatic heterocycles. The number of likely N-dealkylation sites (N-methyl/N-ethyl adjacent to an activating group) is 1. The fourth-order valence-corrected chi connectivity index (χ4v) is 2.99. The Labute approximate surface area is 168 Å². The molecule has 0 radical (unpaired) electrons. The van der Waals surface area contributed by atoms with E-state index in [4.69, 9.17) is 4.74 Å². The largest absolute Gasteiger partial charge is 0.497 e. The first-order valence-corrected chi connectivity index (χ1v) is 9.37. The number of urea groups is 1. The van der Waals surface area contributed by atoms with Crippen molar-refractivity contribution in [3.05, 3.63) is 59.7 Å². The van der Waals surface area contributed by atoms with Crippen molar-refractivity contribution in [2.45, 2.75) is 12.6 Å². The first-order chi connectivity index (χ1) is 13.3. The van der Waals surface area contributed by atoms with E-state index in [9.17, 15) is 4.79 Å². The Morgan fingerprint density at radius 3 is 2.07 bits per heavy atom. The Morgan fingerprint density at radius 1 is 0.964 bits per heavy atom. The van der Waals surface area contributed by atoms with Crippen LogP contribution in [0, 0.1) is 0 Å². The lowest BCUT2D eigenvalue weighted by Gasteiger charge is -2.27. The second-order valence-corrected chi connectivity index (χ2v) is 7.36. The molecule has 1 atom stereocenters. The Balaban J connectivity index is 1.93. The number of anilines is 1. The number of nitrogens with zero attached hydrogens (tertiary/aromatic N) is 3. The maximum Gasteiger partial charge on any atom is 0.317 e. The second-order valence-electron chi connectivity index (χ2n) is 7.36. The molecule has 0 fully saturated rings. The third-order valence-electron chi connectivity index (χ3n) is 4.79. The number of carbonyl (C=O) groups is 1. The van der Waals surface area contributed by atoms with Gasteiger partial charge in [-0.3, -0.25) is 0 Å². The Morgan fingerprint density at radius 2 is 1.57 bits per heavy atom. The van der Waals surface area contributed by atoms with Gasteiger partial charge in [0.2, 0.25) is 0 Å². The van der Waals surface area contributed by atoms with Crippen LogP contribution < -0.4 is 15.0 Å². The highest BCUT2D eigenvalue weighted by molar-refractivity contribution is 5.74. The molecule has 2 rings (SSSR count). The fraction of sp³-hybridized carbons (Fsp3) is 0.409. The van der Waals surface area contributed by atoms with Gasteiger partial charge < -0.3 is 24.8 Å².